The van der Waals surface area contributed by atoms with Gasteiger partial charge < -0.3 is 9.64 Å². The Kier molecular flexibility index (Phi) is 5.84. The predicted octanol–water partition coefficient (Wildman–Crippen LogP) is 3.36. The van der Waals surface area contributed by atoms with Crippen molar-refractivity contribution in [2.24, 2.45) is 0 Å². The lowest BCUT2D eigenvalue weighted by atomic mass is 10.1. The van der Waals surface area contributed by atoms with E-state index in [-0.39, 0.29) is 23.5 Å². The molecule has 6 nitrogen and oxygen atoms in total. The smallest absolute Gasteiger partial charge is 0.265 e. The molecule has 0 saturated heterocycles. The van der Waals surface area contributed by atoms with Gasteiger partial charge in [-0.15, -0.1) is 0 Å². The van der Waals surface area contributed by atoms with Crippen LogP contribution in [0.1, 0.15) is 18.1 Å². The Labute approximate surface area is 174 Å². The molecule has 2 aromatic carbocycles. The first-order valence-corrected chi connectivity index (χ1v) is 11.1. The summed E-state index contributed by atoms with van der Waals surface area (Å²) in [6.45, 7) is 3.66. The summed E-state index contributed by atoms with van der Waals surface area (Å²) >= 11 is 3.47. The average Bonchev–Trinajstić information content (AvgIpc) is 2.94. The van der Waals surface area contributed by atoms with Crippen molar-refractivity contribution >= 4 is 37.5 Å². The van der Waals surface area contributed by atoms with Crippen LogP contribution in [0.4, 0.5) is 5.69 Å². The molecule has 28 heavy (non-hydrogen) atoms. The van der Waals surface area contributed by atoms with Gasteiger partial charge in [0.2, 0.25) is 10.0 Å². The van der Waals surface area contributed by atoms with Crippen LogP contribution in [0.5, 0.6) is 5.75 Å². The number of amides is 1. The summed E-state index contributed by atoms with van der Waals surface area (Å²) in [5, 5.41) is 0. The van der Waals surface area contributed by atoms with Gasteiger partial charge in [0, 0.05) is 30.3 Å². The van der Waals surface area contributed by atoms with Gasteiger partial charge in [-0.2, -0.15) is 0 Å². The largest absolute Gasteiger partial charge is 0.483 e. The Morgan fingerprint density at radius 2 is 1.96 bits per heavy atom. The second-order valence-electron chi connectivity index (χ2n) is 7.09. The molecule has 0 spiro atoms. The van der Waals surface area contributed by atoms with Crippen molar-refractivity contribution in [2.45, 2.75) is 31.2 Å². The van der Waals surface area contributed by atoms with E-state index in [4.69, 9.17) is 4.74 Å². The topological polar surface area (TPSA) is 66.9 Å². The Hall–Kier alpha value is -1.90. The number of benzene rings is 2. The predicted molar refractivity (Wildman–Crippen MR) is 112 cm³/mol. The first kappa shape index (κ1) is 20.8. The van der Waals surface area contributed by atoms with Crippen LogP contribution in [-0.2, 0) is 21.2 Å². The molecule has 150 valence electrons. The fourth-order valence-electron chi connectivity index (χ4n) is 3.34. The standard InChI is InChI=1S/C20H23BrN2O4S/c1-13-9-17(28(25,26)22(3)4)6-8-19(13)27-12-20(24)23-14(2)10-15-11-16(21)5-7-18(15)23/h5-9,11,14H,10,12H2,1-4H3. The molecule has 0 bridgehead atoms. The van der Waals surface area contributed by atoms with Gasteiger partial charge in [0.25, 0.3) is 5.91 Å². The number of sulfonamides is 1. The number of carbonyl (C=O) groups is 1. The van der Waals surface area contributed by atoms with E-state index >= 15 is 0 Å². The van der Waals surface area contributed by atoms with Gasteiger partial charge >= 0.3 is 0 Å². The van der Waals surface area contributed by atoms with E-state index in [0.717, 1.165) is 26.4 Å². The number of fused-ring (bicyclic) bond motifs is 1. The monoisotopic (exact) mass is 466 g/mol. The van der Waals surface area contributed by atoms with E-state index in [1.54, 1.807) is 24.0 Å². The Morgan fingerprint density at radius 1 is 1.25 bits per heavy atom. The van der Waals surface area contributed by atoms with E-state index in [0.29, 0.717) is 11.3 Å². The number of hydrogen-bond acceptors (Lipinski definition) is 4. The maximum Gasteiger partial charge on any atom is 0.265 e. The van der Waals surface area contributed by atoms with Crippen LogP contribution in [0.15, 0.2) is 45.8 Å². The van der Waals surface area contributed by atoms with Crippen molar-refractivity contribution in [3.05, 3.63) is 52.0 Å². The molecule has 2 aromatic rings. The van der Waals surface area contributed by atoms with E-state index in [2.05, 4.69) is 15.9 Å². The van der Waals surface area contributed by atoms with E-state index in [1.165, 1.54) is 20.2 Å². The number of halogens is 1. The summed E-state index contributed by atoms with van der Waals surface area (Å²) in [7, 11) is -0.531. The molecule has 3 rings (SSSR count). The van der Waals surface area contributed by atoms with Gasteiger partial charge in [-0.3, -0.25) is 4.79 Å². The van der Waals surface area contributed by atoms with Crippen molar-refractivity contribution in [1.29, 1.82) is 0 Å². The minimum Gasteiger partial charge on any atom is -0.483 e. The maximum atomic E-state index is 12.8. The maximum absolute atomic E-state index is 12.8. The van der Waals surface area contributed by atoms with Crippen molar-refractivity contribution in [2.75, 3.05) is 25.6 Å². The van der Waals surface area contributed by atoms with E-state index in [1.807, 2.05) is 25.1 Å². The highest BCUT2D eigenvalue weighted by Gasteiger charge is 2.31. The van der Waals surface area contributed by atoms with Gasteiger partial charge in [-0.05, 0) is 67.8 Å². The molecule has 1 aliphatic rings. The van der Waals surface area contributed by atoms with Crippen LogP contribution >= 0.6 is 15.9 Å². The number of anilines is 1. The molecule has 0 N–H and O–H groups in total. The Balaban J connectivity index is 1.74. The molecule has 1 aliphatic heterocycles. The Bertz CT molecular complexity index is 1020. The molecule has 0 aromatic heterocycles. The molecule has 0 radical (unpaired) electrons. The van der Waals surface area contributed by atoms with E-state index < -0.39 is 10.0 Å². The van der Waals surface area contributed by atoms with Crippen LogP contribution in [0.25, 0.3) is 0 Å². The SMILES string of the molecule is Cc1cc(S(=O)(=O)N(C)C)ccc1OCC(=O)N1c2ccc(Br)cc2CC1C. The fourth-order valence-corrected chi connectivity index (χ4v) is 4.74. The van der Waals surface area contributed by atoms with Crippen molar-refractivity contribution in [3.63, 3.8) is 0 Å². The lowest BCUT2D eigenvalue weighted by Gasteiger charge is -2.23. The highest BCUT2D eigenvalue weighted by atomic mass is 79.9. The zero-order valence-corrected chi connectivity index (χ0v) is 18.7. The number of nitrogens with zero attached hydrogens (tertiary/aromatic N) is 2. The van der Waals surface area contributed by atoms with Gasteiger partial charge in [0.05, 0.1) is 4.90 Å². The zero-order valence-electron chi connectivity index (χ0n) is 16.3. The number of carbonyl (C=O) groups excluding carboxylic acids is 1. The summed E-state index contributed by atoms with van der Waals surface area (Å²) in [5.74, 6) is 0.367. The lowest BCUT2D eigenvalue weighted by molar-refractivity contribution is -0.120. The van der Waals surface area contributed by atoms with Crippen molar-refractivity contribution < 1.29 is 17.9 Å². The highest BCUT2D eigenvalue weighted by molar-refractivity contribution is 9.10. The highest BCUT2D eigenvalue weighted by Crippen LogP contribution is 2.34. The summed E-state index contributed by atoms with van der Waals surface area (Å²) in [4.78, 5) is 14.8. The van der Waals surface area contributed by atoms with Gasteiger partial charge in [-0.1, -0.05) is 15.9 Å². The number of rotatable bonds is 5. The van der Waals surface area contributed by atoms with Crippen LogP contribution in [0, 0.1) is 6.92 Å². The molecule has 0 fully saturated rings. The fraction of sp³-hybridized carbons (Fsp3) is 0.350. The number of ether oxygens (including phenoxy) is 1. The summed E-state index contributed by atoms with van der Waals surface area (Å²) in [5.41, 5.74) is 2.70. The van der Waals surface area contributed by atoms with Crippen LogP contribution in [-0.4, -0.2) is 45.4 Å². The number of aryl methyl sites for hydroxylation is 1. The summed E-state index contributed by atoms with van der Waals surface area (Å²) in [6, 6.07) is 10.6. The molecule has 1 amide bonds. The minimum atomic E-state index is -3.51. The van der Waals surface area contributed by atoms with Crippen LogP contribution in [0.2, 0.25) is 0 Å². The molecule has 1 atom stereocenters. The quantitative estimate of drug-likeness (QED) is 0.677. The molecule has 8 heteroatoms. The zero-order chi connectivity index (χ0) is 20.6. The average molecular weight is 467 g/mol. The van der Waals surface area contributed by atoms with Gasteiger partial charge in [-0.25, -0.2) is 12.7 Å². The second kappa shape index (κ2) is 7.85. The van der Waals surface area contributed by atoms with Crippen molar-refractivity contribution in [1.82, 2.24) is 4.31 Å². The molecular weight excluding hydrogens is 444 g/mol. The summed E-state index contributed by atoms with van der Waals surface area (Å²) in [6.07, 6.45) is 0.802. The van der Waals surface area contributed by atoms with Crippen LogP contribution < -0.4 is 9.64 Å². The van der Waals surface area contributed by atoms with Gasteiger partial charge in [0.15, 0.2) is 6.61 Å². The third kappa shape index (κ3) is 3.94. The molecule has 1 unspecified atom stereocenters. The third-order valence-corrected chi connectivity index (χ3v) is 7.11. The lowest BCUT2D eigenvalue weighted by Crippen LogP contribution is -2.39. The Morgan fingerprint density at radius 3 is 2.61 bits per heavy atom. The normalized spacial score (nSPS) is 16.4. The third-order valence-electron chi connectivity index (χ3n) is 4.80. The minimum absolute atomic E-state index is 0.0640. The van der Waals surface area contributed by atoms with Crippen molar-refractivity contribution in [3.8, 4) is 5.75 Å². The molecule has 0 saturated carbocycles. The molecule has 0 aliphatic carbocycles. The second-order valence-corrected chi connectivity index (χ2v) is 10.2. The van der Waals surface area contributed by atoms with Crippen LogP contribution in [0.3, 0.4) is 0 Å². The van der Waals surface area contributed by atoms with E-state index in [9.17, 15) is 13.2 Å². The molecular formula is C20H23BrN2O4S. The first-order valence-electron chi connectivity index (χ1n) is 8.87. The molecule has 1 heterocycles. The van der Waals surface area contributed by atoms with Gasteiger partial charge in [0.1, 0.15) is 5.75 Å². The number of hydrogen-bond donors (Lipinski definition) is 0. The first-order chi connectivity index (χ1) is 13.1. The summed E-state index contributed by atoms with van der Waals surface area (Å²) < 4.78 is 32.3.